The molecule has 0 bridgehead atoms. The summed E-state index contributed by atoms with van der Waals surface area (Å²) in [4.78, 5) is 26.4. The topological polar surface area (TPSA) is 138 Å². The van der Waals surface area contributed by atoms with Gasteiger partial charge in [-0.15, -0.1) is 10.1 Å². The summed E-state index contributed by atoms with van der Waals surface area (Å²) in [5.74, 6) is -1.67. The van der Waals surface area contributed by atoms with Gasteiger partial charge in [0, 0.05) is 13.8 Å². The first kappa shape index (κ1) is 22.5. The van der Waals surface area contributed by atoms with Crippen molar-refractivity contribution in [1.82, 2.24) is 0 Å². The Hall–Kier alpha value is -1.93. The van der Waals surface area contributed by atoms with Gasteiger partial charge in [-0.05, 0) is 0 Å². The molecule has 0 aliphatic heterocycles. The standard InChI is InChI=1S/2C2H4O2.FH.HNO3/c2*1-2(3)4;;2-1(3)4/h2*1H3,(H,3,4);1H;(H,2,3,4). The highest BCUT2D eigenvalue weighted by molar-refractivity contribution is 5.63. The Labute approximate surface area is 71.9 Å². The van der Waals surface area contributed by atoms with Gasteiger partial charge in [0.1, 0.15) is 0 Å². The van der Waals surface area contributed by atoms with Gasteiger partial charge in [0.2, 0.25) is 0 Å². The van der Waals surface area contributed by atoms with Crippen LogP contribution in [-0.2, 0) is 9.59 Å². The van der Waals surface area contributed by atoms with Gasteiger partial charge in [-0.25, -0.2) is 0 Å². The van der Waals surface area contributed by atoms with E-state index in [4.69, 9.17) is 35.1 Å². The normalized spacial score (nSPS) is 5.69. The maximum absolute atomic E-state index is 9.00. The van der Waals surface area contributed by atoms with Gasteiger partial charge in [0.15, 0.2) is 0 Å². The summed E-state index contributed by atoms with van der Waals surface area (Å²) in [5, 5.41) is 28.5. The minimum absolute atomic E-state index is 0. The first-order valence-electron chi connectivity index (χ1n) is 2.42. The number of carboxylic acid groups (broad SMARTS) is 2. The van der Waals surface area contributed by atoms with E-state index < -0.39 is 17.0 Å². The lowest BCUT2D eigenvalue weighted by Crippen LogP contribution is -1.81. The van der Waals surface area contributed by atoms with E-state index >= 15 is 0 Å². The van der Waals surface area contributed by atoms with Crippen LogP contribution in [0.25, 0.3) is 0 Å². The highest BCUT2D eigenvalue weighted by atomic mass is 19.0. The Balaban J connectivity index is -0.0000000450. The van der Waals surface area contributed by atoms with E-state index in [1.165, 1.54) is 0 Å². The molecule has 0 fully saturated rings. The molecule has 0 radical (unpaired) electrons. The number of nitrogens with zero attached hydrogens (tertiary/aromatic N) is 1. The summed E-state index contributed by atoms with van der Waals surface area (Å²) in [6.45, 7) is 2.17. The smallest absolute Gasteiger partial charge is 0.300 e. The largest absolute Gasteiger partial charge is 0.481 e. The lowest BCUT2D eigenvalue weighted by atomic mass is 10.9. The lowest BCUT2D eigenvalue weighted by molar-refractivity contribution is -0.742. The van der Waals surface area contributed by atoms with Crippen LogP contribution in [0.5, 0.6) is 0 Å². The van der Waals surface area contributed by atoms with Crippen LogP contribution in [0.3, 0.4) is 0 Å². The molecule has 8 nitrogen and oxygen atoms in total. The predicted octanol–water partition coefficient (Wildman–Crippen LogP) is -0.0134. The van der Waals surface area contributed by atoms with Gasteiger partial charge in [0.25, 0.3) is 17.0 Å². The number of carboxylic acids is 2. The second-order valence-corrected chi connectivity index (χ2v) is 1.28. The van der Waals surface area contributed by atoms with Crippen LogP contribution < -0.4 is 0 Å². The van der Waals surface area contributed by atoms with Gasteiger partial charge in [-0.2, -0.15) is 0 Å². The zero-order valence-corrected chi connectivity index (χ0v) is 6.83. The Kier molecular flexibility index (Phi) is 28.6. The molecule has 0 aliphatic rings. The molecule has 0 aliphatic carbocycles. The molecule has 0 unspecified atom stereocenters. The molecule has 0 aromatic heterocycles. The van der Waals surface area contributed by atoms with E-state index in [9.17, 15) is 0 Å². The molecule has 0 saturated heterocycles. The third kappa shape index (κ3) is 176. The van der Waals surface area contributed by atoms with E-state index in [2.05, 4.69) is 0 Å². The van der Waals surface area contributed by atoms with Crippen LogP contribution in [0, 0.1) is 10.1 Å². The molecule has 13 heavy (non-hydrogen) atoms. The SMILES string of the molecule is CC(=O)O.CC(=O)O.F.O=[N+]([O-])O. The first-order valence-corrected chi connectivity index (χ1v) is 2.42. The second-order valence-electron chi connectivity index (χ2n) is 1.28. The average Bonchev–Trinajstić information content (AvgIpc) is 1.54. The molecule has 0 aromatic rings. The fourth-order valence-corrected chi connectivity index (χ4v) is 0. The Morgan fingerprint density at radius 2 is 1.15 bits per heavy atom. The summed E-state index contributed by atoms with van der Waals surface area (Å²) in [6.07, 6.45) is 0. The van der Waals surface area contributed by atoms with E-state index in [-0.39, 0.29) is 4.70 Å². The summed E-state index contributed by atoms with van der Waals surface area (Å²) in [6, 6.07) is 0. The lowest BCUT2D eigenvalue weighted by Gasteiger charge is -1.59. The van der Waals surface area contributed by atoms with Gasteiger partial charge in [-0.3, -0.25) is 14.3 Å². The van der Waals surface area contributed by atoms with Gasteiger partial charge in [-0.1, -0.05) is 0 Å². The summed E-state index contributed by atoms with van der Waals surface area (Å²) < 4.78 is 0. The monoisotopic (exact) mass is 203 g/mol. The van der Waals surface area contributed by atoms with Crippen LogP contribution in [-0.4, -0.2) is 32.4 Å². The van der Waals surface area contributed by atoms with Crippen molar-refractivity contribution in [2.45, 2.75) is 13.8 Å². The molecule has 0 atom stereocenters. The molecule has 3 N–H and O–H groups in total. The molecular weight excluding hydrogens is 193 g/mol. The number of rotatable bonds is 0. The van der Waals surface area contributed by atoms with Crippen molar-refractivity contribution in [3.8, 4) is 0 Å². The first-order chi connectivity index (χ1) is 5.20. The number of carbonyl (C=O) groups is 2. The molecule has 0 rings (SSSR count). The van der Waals surface area contributed by atoms with E-state index in [1.807, 2.05) is 0 Å². The van der Waals surface area contributed by atoms with Crippen LogP contribution >= 0.6 is 0 Å². The average molecular weight is 203 g/mol. The van der Waals surface area contributed by atoms with Crippen LogP contribution in [0.4, 0.5) is 4.70 Å². The van der Waals surface area contributed by atoms with Gasteiger partial charge in [0.05, 0.1) is 0 Å². The molecule has 0 saturated carbocycles. The molecule has 9 heteroatoms. The fourth-order valence-electron chi connectivity index (χ4n) is 0. The van der Waals surface area contributed by atoms with Crippen molar-refractivity contribution in [2.24, 2.45) is 0 Å². The number of aliphatic carboxylic acids is 2. The number of hydrogen-bond acceptors (Lipinski definition) is 4. The molecule has 0 amide bonds. The summed E-state index contributed by atoms with van der Waals surface area (Å²) in [7, 11) is 0. The van der Waals surface area contributed by atoms with Crippen molar-refractivity contribution >= 4 is 11.9 Å². The van der Waals surface area contributed by atoms with Crippen molar-refractivity contribution in [2.75, 3.05) is 0 Å². The summed E-state index contributed by atoms with van der Waals surface area (Å²) >= 11 is 0. The van der Waals surface area contributed by atoms with Crippen LogP contribution in [0.1, 0.15) is 13.8 Å². The minimum Gasteiger partial charge on any atom is -0.481 e. The maximum Gasteiger partial charge on any atom is 0.300 e. The van der Waals surface area contributed by atoms with Gasteiger partial charge < -0.3 is 15.4 Å². The molecule has 0 aromatic carbocycles. The molecule has 80 valence electrons. The molecule has 0 spiro atoms. The van der Waals surface area contributed by atoms with Crippen LogP contribution in [0.15, 0.2) is 0 Å². The second kappa shape index (κ2) is 16.6. The van der Waals surface area contributed by atoms with Gasteiger partial charge >= 0.3 is 0 Å². The Morgan fingerprint density at radius 1 is 1.15 bits per heavy atom. The van der Waals surface area contributed by atoms with Crippen molar-refractivity contribution < 1.29 is 34.8 Å². The Bertz CT molecular complexity index is 118. The number of hydrogen-bond donors (Lipinski definition) is 3. The predicted molar refractivity (Wildman–Crippen MR) is 37.9 cm³/mol. The van der Waals surface area contributed by atoms with Crippen molar-refractivity contribution in [1.29, 1.82) is 0 Å². The highest BCUT2D eigenvalue weighted by Gasteiger charge is 1.66. The highest BCUT2D eigenvalue weighted by Crippen LogP contribution is 1.42. The zero-order chi connectivity index (χ0) is 10.7. The minimum atomic E-state index is -1.50. The van der Waals surface area contributed by atoms with E-state index in [0.717, 1.165) is 13.8 Å². The van der Waals surface area contributed by atoms with Crippen molar-refractivity contribution in [3.63, 3.8) is 0 Å². The fraction of sp³-hybridized carbons (Fsp3) is 0.500. The van der Waals surface area contributed by atoms with Crippen LogP contribution in [0.2, 0.25) is 0 Å². The van der Waals surface area contributed by atoms with E-state index in [1.54, 1.807) is 0 Å². The molecule has 0 heterocycles. The zero-order valence-electron chi connectivity index (χ0n) is 6.83. The Morgan fingerprint density at radius 3 is 1.15 bits per heavy atom. The third-order valence-electron chi connectivity index (χ3n) is 0. The van der Waals surface area contributed by atoms with E-state index in [0.29, 0.717) is 0 Å². The third-order valence-corrected chi connectivity index (χ3v) is 0. The quantitative estimate of drug-likeness (QED) is 0.371. The number of halogens is 1. The molecular formula is C4H10FNO7. The summed E-state index contributed by atoms with van der Waals surface area (Å²) in [5.41, 5.74) is 0. The maximum atomic E-state index is 9.00. The van der Waals surface area contributed by atoms with Crippen molar-refractivity contribution in [3.05, 3.63) is 10.1 Å².